The van der Waals surface area contributed by atoms with Crippen LogP contribution in [0.5, 0.6) is 0 Å². The number of nitrogens with two attached hydrogens (primary N) is 1. The zero-order valence-electron chi connectivity index (χ0n) is 7.99. The van der Waals surface area contributed by atoms with Gasteiger partial charge in [-0.3, -0.25) is 9.88 Å². The summed E-state index contributed by atoms with van der Waals surface area (Å²) < 4.78 is 0. The smallest absolute Gasteiger partial charge is 0.0592 e. The molecule has 0 bridgehead atoms. The lowest BCUT2D eigenvalue weighted by atomic mass is 10.0. The first-order valence-corrected chi connectivity index (χ1v) is 5.21. The van der Waals surface area contributed by atoms with Gasteiger partial charge in [-0.1, -0.05) is 11.6 Å². The first-order chi connectivity index (χ1) is 6.79. The monoisotopic (exact) mass is 211 g/mol. The highest BCUT2D eigenvalue weighted by Crippen LogP contribution is 2.20. The van der Waals surface area contributed by atoms with Crippen LogP contribution in [-0.2, 0) is 6.54 Å². The number of pyridine rings is 1. The predicted molar refractivity (Wildman–Crippen MR) is 57.1 cm³/mol. The fourth-order valence-electron chi connectivity index (χ4n) is 1.75. The molecule has 76 valence electrons. The molecule has 0 radical (unpaired) electrons. The quantitative estimate of drug-likeness (QED) is 0.819. The average molecular weight is 212 g/mol. The lowest BCUT2D eigenvalue weighted by Gasteiger charge is -2.40. The van der Waals surface area contributed by atoms with E-state index in [4.69, 9.17) is 17.3 Å². The van der Waals surface area contributed by atoms with Crippen LogP contribution in [0.1, 0.15) is 12.0 Å². The standard InChI is InChI=1S/C10H14ClN3/c11-9-3-8(5-13-6-9)7-14-2-1-10(14)4-12/h3,5-6,10H,1-2,4,7,12H2. The van der Waals surface area contributed by atoms with E-state index in [1.54, 1.807) is 6.20 Å². The number of nitrogens with zero attached hydrogens (tertiary/aromatic N) is 2. The van der Waals surface area contributed by atoms with Gasteiger partial charge in [0.15, 0.2) is 0 Å². The minimum absolute atomic E-state index is 0.550. The van der Waals surface area contributed by atoms with E-state index in [9.17, 15) is 0 Å². The molecule has 0 aromatic carbocycles. The topological polar surface area (TPSA) is 42.1 Å². The summed E-state index contributed by atoms with van der Waals surface area (Å²) in [6.45, 7) is 2.79. The highest BCUT2D eigenvalue weighted by molar-refractivity contribution is 6.30. The third-order valence-electron chi connectivity index (χ3n) is 2.69. The van der Waals surface area contributed by atoms with E-state index < -0.39 is 0 Å². The number of rotatable bonds is 3. The van der Waals surface area contributed by atoms with E-state index in [2.05, 4.69) is 9.88 Å². The maximum Gasteiger partial charge on any atom is 0.0592 e. The summed E-state index contributed by atoms with van der Waals surface area (Å²) in [6.07, 6.45) is 4.73. The van der Waals surface area contributed by atoms with Gasteiger partial charge in [-0.2, -0.15) is 0 Å². The van der Waals surface area contributed by atoms with Crippen LogP contribution in [0, 0.1) is 0 Å². The molecule has 0 amide bonds. The van der Waals surface area contributed by atoms with Crippen molar-refractivity contribution in [2.24, 2.45) is 5.73 Å². The molecule has 1 aliphatic heterocycles. The second kappa shape index (κ2) is 4.26. The van der Waals surface area contributed by atoms with E-state index in [0.717, 1.165) is 25.2 Å². The number of likely N-dealkylation sites (tertiary alicyclic amines) is 1. The molecule has 1 fully saturated rings. The third kappa shape index (κ3) is 2.05. The lowest BCUT2D eigenvalue weighted by molar-refractivity contribution is 0.0881. The molecule has 3 nitrogen and oxygen atoms in total. The highest BCUT2D eigenvalue weighted by Gasteiger charge is 2.26. The van der Waals surface area contributed by atoms with Gasteiger partial charge >= 0.3 is 0 Å². The van der Waals surface area contributed by atoms with Crippen LogP contribution in [0.15, 0.2) is 18.5 Å². The van der Waals surface area contributed by atoms with Gasteiger partial charge in [-0.25, -0.2) is 0 Å². The number of halogens is 1. The van der Waals surface area contributed by atoms with Crippen LogP contribution in [-0.4, -0.2) is 29.0 Å². The molecule has 1 atom stereocenters. The van der Waals surface area contributed by atoms with Gasteiger partial charge in [0, 0.05) is 38.1 Å². The minimum atomic E-state index is 0.550. The van der Waals surface area contributed by atoms with Gasteiger partial charge in [0.05, 0.1) is 5.02 Å². The molecular formula is C10H14ClN3. The molecule has 0 aliphatic carbocycles. The van der Waals surface area contributed by atoms with Gasteiger partial charge < -0.3 is 5.73 Å². The summed E-state index contributed by atoms with van der Waals surface area (Å²) in [7, 11) is 0. The lowest BCUT2D eigenvalue weighted by Crippen LogP contribution is -2.50. The number of hydrogen-bond acceptors (Lipinski definition) is 3. The van der Waals surface area contributed by atoms with Crippen molar-refractivity contribution in [3.8, 4) is 0 Å². The highest BCUT2D eigenvalue weighted by atomic mass is 35.5. The Morgan fingerprint density at radius 3 is 3.00 bits per heavy atom. The molecule has 14 heavy (non-hydrogen) atoms. The minimum Gasteiger partial charge on any atom is -0.329 e. The maximum atomic E-state index is 5.85. The zero-order chi connectivity index (χ0) is 9.97. The van der Waals surface area contributed by atoms with E-state index in [1.165, 1.54) is 6.42 Å². The Morgan fingerprint density at radius 1 is 1.57 bits per heavy atom. The summed E-state index contributed by atoms with van der Waals surface area (Å²) in [5.41, 5.74) is 6.79. The summed E-state index contributed by atoms with van der Waals surface area (Å²) in [5.74, 6) is 0. The van der Waals surface area contributed by atoms with Crippen LogP contribution in [0.25, 0.3) is 0 Å². The molecule has 0 spiro atoms. The van der Waals surface area contributed by atoms with Crippen LogP contribution >= 0.6 is 11.6 Å². The SMILES string of the molecule is NCC1CCN1Cc1cncc(Cl)c1. The molecule has 1 aromatic rings. The molecule has 1 aliphatic rings. The molecule has 4 heteroatoms. The van der Waals surface area contributed by atoms with E-state index in [-0.39, 0.29) is 0 Å². The summed E-state index contributed by atoms with van der Waals surface area (Å²) >= 11 is 5.85. The van der Waals surface area contributed by atoms with Crippen molar-refractivity contribution in [1.29, 1.82) is 0 Å². The molecule has 0 saturated carbocycles. The molecule has 2 N–H and O–H groups in total. The largest absolute Gasteiger partial charge is 0.329 e. The predicted octanol–water partition coefficient (Wildman–Crippen LogP) is 1.27. The summed E-state index contributed by atoms with van der Waals surface area (Å²) in [6, 6.07) is 2.51. The molecule has 1 unspecified atom stereocenters. The van der Waals surface area contributed by atoms with Gasteiger partial charge in [0.25, 0.3) is 0 Å². The van der Waals surface area contributed by atoms with Crippen molar-refractivity contribution in [3.05, 3.63) is 29.0 Å². The summed E-state index contributed by atoms with van der Waals surface area (Å²) in [5, 5.41) is 0.701. The average Bonchev–Trinajstić information content (AvgIpc) is 2.14. The third-order valence-corrected chi connectivity index (χ3v) is 2.89. The Labute approximate surface area is 88.9 Å². The Balaban J connectivity index is 1.97. The van der Waals surface area contributed by atoms with Crippen molar-refractivity contribution in [2.45, 2.75) is 19.0 Å². The van der Waals surface area contributed by atoms with E-state index in [0.29, 0.717) is 11.1 Å². The van der Waals surface area contributed by atoms with Crippen LogP contribution in [0.3, 0.4) is 0 Å². The second-order valence-electron chi connectivity index (χ2n) is 3.66. The van der Waals surface area contributed by atoms with Crippen molar-refractivity contribution < 1.29 is 0 Å². The Hall–Kier alpha value is -0.640. The molecule has 1 aromatic heterocycles. The summed E-state index contributed by atoms with van der Waals surface area (Å²) in [4.78, 5) is 6.41. The van der Waals surface area contributed by atoms with Crippen molar-refractivity contribution in [3.63, 3.8) is 0 Å². The normalized spacial score (nSPS) is 22.0. The number of hydrogen-bond donors (Lipinski definition) is 1. The second-order valence-corrected chi connectivity index (χ2v) is 4.10. The fraction of sp³-hybridized carbons (Fsp3) is 0.500. The van der Waals surface area contributed by atoms with Crippen LogP contribution < -0.4 is 5.73 Å². The zero-order valence-corrected chi connectivity index (χ0v) is 8.74. The molecule has 2 heterocycles. The molecule has 1 saturated heterocycles. The first-order valence-electron chi connectivity index (χ1n) is 4.83. The van der Waals surface area contributed by atoms with Crippen LogP contribution in [0.2, 0.25) is 5.02 Å². The van der Waals surface area contributed by atoms with Crippen molar-refractivity contribution >= 4 is 11.6 Å². The van der Waals surface area contributed by atoms with Crippen molar-refractivity contribution in [1.82, 2.24) is 9.88 Å². The van der Waals surface area contributed by atoms with Gasteiger partial charge in [0.2, 0.25) is 0 Å². The van der Waals surface area contributed by atoms with E-state index in [1.807, 2.05) is 12.3 Å². The van der Waals surface area contributed by atoms with E-state index >= 15 is 0 Å². The Morgan fingerprint density at radius 2 is 2.43 bits per heavy atom. The fourth-order valence-corrected chi connectivity index (χ4v) is 1.94. The molecule has 2 rings (SSSR count). The van der Waals surface area contributed by atoms with Crippen LogP contribution in [0.4, 0.5) is 0 Å². The van der Waals surface area contributed by atoms with Gasteiger partial charge in [-0.15, -0.1) is 0 Å². The van der Waals surface area contributed by atoms with Crippen molar-refractivity contribution in [2.75, 3.05) is 13.1 Å². The Kier molecular flexibility index (Phi) is 3.01. The number of aromatic nitrogens is 1. The van der Waals surface area contributed by atoms with Gasteiger partial charge in [0.1, 0.15) is 0 Å². The molecular weight excluding hydrogens is 198 g/mol. The maximum absolute atomic E-state index is 5.85. The first kappa shape index (κ1) is 9.90. The van der Waals surface area contributed by atoms with Gasteiger partial charge in [-0.05, 0) is 18.1 Å². The Bertz CT molecular complexity index is 314.